The van der Waals surface area contributed by atoms with E-state index in [1.165, 1.54) is 25.7 Å². The van der Waals surface area contributed by atoms with Crippen LogP contribution in [0.15, 0.2) is 18.3 Å². The average Bonchev–Trinajstić information content (AvgIpc) is 2.94. The lowest BCUT2D eigenvalue weighted by molar-refractivity contribution is 0.0924. The van der Waals surface area contributed by atoms with Crippen LogP contribution in [0.1, 0.15) is 49.5 Å². The summed E-state index contributed by atoms with van der Waals surface area (Å²) in [6.45, 7) is 2.94. The van der Waals surface area contributed by atoms with Crippen molar-refractivity contribution in [3.63, 3.8) is 0 Å². The predicted octanol–water partition coefficient (Wildman–Crippen LogP) is 2.07. The average molecular weight is 262 g/mol. The lowest BCUT2D eigenvalue weighted by atomic mass is 9.83. The number of nitrogens with one attached hydrogen (secondary N) is 2. The van der Waals surface area contributed by atoms with Gasteiger partial charge in [-0.05, 0) is 36.8 Å². The SMILES string of the molecule is CCC1(CNC(=O)c2cc(NN)ccn2)CCCC1. The Bertz CT molecular complexity index is 441. The van der Waals surface area contributed by atoms with Gasteiger partial charge < -0.3 is 10.7 Å². The molecule has 4 N–H and O–H groups in total. The van der Waals surface area contributed by atoms with E-state index in [-0.39, 0.29) is 5.91 Å². The van der Waals surface area contributed by atoms with E-state index in [2.05, 4.69) is 22.7 Å². The fourth-order valence-electron chi connectivity index (χ4n) is 2.78. The van der Waals surface area contributed by atoms with E-state index in [9.17, 15) is 4.79 Å². The number of carbonyl (C=O) groups excluding carboxylic acids is 1. The molecule has 19 heavy (non-hydrogen) atoms. The Kier molecular flexibility index (Phi) is 4.37. The molecule has 2 rings (SSSR count). The Balaban J connectivity index is 1.97. The minimum atomic E-state index is -0.128. The molecule has 1 aliphatic carbocycles. The van der Waals surface area contributed by atoms with Crippen LogP contribution in [0.4, 0.5) is 5.69 Å². The van der Waals surface area contributed by atoms with Gasteiger partial charge in [0.15, 0.2) is 0 Å². The van der Waals surface area contributed by atoms with Gasteiger partial charge in [-0.15, -0.1) is 0 Å². The smallest absolute Gasteiger partial charge is 0.269 e. The van der Waals surface area contributed by atoms with E-state index < -0.39 is 0 Å². The third-order valence-corrected chi connectivity index (χ3v) is 4.20. The zero-order chi connectivity index (χ0) is 13.7. The van der Waals surface area contributed by atoms with Crippen molar-refractivity contribution >= 4 is 11.6 Å². The Morgan fingerprint density at radius 2 is 2.21 bits per heavy atom. The summed E-state index contributed by atoms with van der Waals surface area (Å²) in [5.41, 5.74) is 3.90. The van der Waals surface area contributed by atoms with Gasteiger partial charge in [0.2, 0.25) is 0 Å². The molecule has 1 aromatic rings. The van der Waals surface area contributed by atoms with E-state index in [1.807, 2.05) is 0 Å². The number of hydrogen-bond donors (Lipinski definition) is 3. The quantitative estimate of drug-likeness (QED) is 0.560. The highest BCUT2D eigenvalue weighted by Gasteiger charge is 2.32. The number of nitrogens with zero attached hydrogens (tertiary/aromatic N) is 1. The minimum absolute atomic E-state index is 0.128. The fraction of sp³-hybridized carbons (Fsp3) is 0.571. The highest BCUT2D eigenvalue weighted by molar-refractivity contribution is 5.93. The minimum Gasteiger partial charge on any atom is -0.350 e. The van der Waals surface area contributed by atoms with Crippen molar-refractivity contribution in [3.8, 4) is 0 Å². The first-order chi connectivity index (χ1) is 9.19. The molecule has 0 aromatic carbocycles. The van der Waals surface area contributed by atoms with Crippen LogP contribution in [0.2, 0.25) is 0 Å². The lowest BCUT2D eigenvalue weighted by Crippen LogP contribution is -2.36. The van der Waals surface area contributed by atoms with Gasteiger partial charge in [-0.2, -0.15) is 0 Å². The molecule has 0 saturated heterocycles. The van der Waals surface area contributed by atoms with Crippen molar-refractivity contribution in [2.75, 3.05) is 12.0 Å². The molecule has 5 nitrogen and oxygen atoms in total. The number of amides is 1. The summed E-state index contributed by atoms with van der Waals surface area (Å²) in [5, 5.41) is 3.01. The topological polar surface area (TPSA) is 80.0 Å². The molecule has 1 aromatic heterocycles. The van der Waals surface area contributed by atoms with Crippen molar-refractivity contribution in [1.29, 1.82) is 0 Å². The van der Waals surface area contributed by atoms with Crippen LogP contribution in [-0.4, -0.2) is 17.4 Å². The third-order valence-electron chi connectivity index (χ3n) is 4.20. The number of rotatable bonds is 5. The monoisotopic (exact) mass is 262 g/mol. The van der Waals surface area contributed by atoms with Crippen LogP contribution in [0.25, 0.3) is 0 Å². The number of pyridine rings is 1. The van der Waals surface area contributed by atoms with E-state index in [0.29, 0.717) is 16.8 Å². The molecule has 5 heteroatoms. The second-order valence-electron chi connectivity index (χ2n) is 5.32. The number of nitrogen functional groups attached to an aromatic ring is 1. The highest BCUT2D eigenvalue weighted by Crippen LogP contribution is 2.40. The number of nitrogens with two attached hydrogens (primary N) is 1. The van der Waals surface area contributed by atoms with Crippen molar-refractivity contribution in [1.82, 2.24) is 10.3 Å². The molecule has 104 valence electrons. The van der Waals surface area contributed by atoms with Gasteiger partial charge in [0.05, 0.1) is 5.69 Å². The molecule has 1 aliphatic rings. The largest absolute Gasteiger partial charge is 0.350 e. The molecule has 1 saturated carbocycles. The maximum atomic E-state index is 12.1. The van der Waals surface area contributed by atoms with Gasteiger partial charge in [-0.1, -0.05) is 19.8 Å². The second-order valence-corrected chi connectivity index (χ2v) is 5.32. The molecule has 1 heterocycles. The molecular formula is C14H22N4O. The number of hydrazine groups is 1. The lowest BCUT2D eigenvalue weighted by Gasteiger charge is -2.27. The number of aromatic nitrogens is 1. The zero-order valence-electron chi connectivity index (χ0n) is 11.4. The van der Waals surface area contributed by atoms with Crippen LogP contribution >= 0.6 is 0 Å². The molecule has 0 aliphatic heterocycles. The van der Waals surface area contributed by atoms with Crippen molar-refractivity contribution in [2.24, 2.45) is 11.3 Å². The van der Waals surface area contributed by atoms with E-state index in [1.54, 1.807) is 18.3 Å². The van der Waals surface area contributed by atoms with Crippen molar-refractivity contribution in [2.45, 2.75) is 39.0 Å². The summed E-state index contributed by atoms with van der Waals surface area (Å²) in [6, 6.07) is 3.38. The van der Waals surface area contributed by atoms with Crippen molar-refractivity contribution < 1.29 is 4.79 Å². The third kappa shape index (κ3) is 3.23. The van der Waals surface area contributed by atoms with Gasteiger partial charge in [0, 0.05) is 12.7 Å². The molecule has 0 unspecified atom stereocenters. The van der Waals surface area contributed by atoms with E-state index >= 15 is 0 Å². The second kappa shape index (κ2) is 6.02. The Hall–Kier alpha value is -1.62. The molecule has 0 radical (unpaired) electrons. The highest BCUT2D eigenvalue weighted by atomic mass is 16.1. The first kappa shape index (κ1) is 13.8. The van der Waals surface area contributed by atoms with Crippen LogP contribution in [-0.2, 0) is 0 Å². The molecule has 0 atom stereocenters. The number of anilines is 1. The molecule has 0 bridgehead atoms. The van der Waals surface area contributed by atoms with Gasteiger partial charge >= 0.3 is 0 Å². The van der Waals surface area contributed by atoms with Gasteiger partial charge in [0.1, 0.15) is 5.69 Å². The number of carbonyl (C=O) groups is 1. The first-order valence-electron chi connectivity index (χ1n) is 6.90. The summed E-state index contributed by atoms with van der Waals surface area (Å²) in [5.74, 6) is 5.20. The normalized spacial score (nSPS) is 17.2. The summed E-state index contributed by atoms with van der Waals surface area (Å²) < 4.78 is 0. The standard InChI is InChI=1S/C14H22N4O/c1-2-14(6-3-4-7-14)10-17-13(19)12-9-11(18-15)5-8-16-12/h5,8-9H,2-4,6-7,10,15H2,1H3,(H,16,18)(H,17,19). The Morgan fingerprint density at radius 3 is 2.84 bits per heavy atom. The van der Waals surface area contributed by atoms with Crippen LogP contribution in [0.3, 0.4) is 0 Å². The number of hydrogen-bond acceptors (Lipinski definition) is 4. The summed E-state index contributed by atoms with van der Waals surface area (Å²) >= 11 is 0. The van der Waals surface area contributed by atoms with Gasteiger partial charge in [0.25, 0.3) is 5.91 Å². The maximum absolute atomic E-state index is 12.1. The van der Waals surface area contributed by atoms with E-state index in [0.717, 1.165) is 13.0 Å². The summed E-state index contributed by atoms with van der Waals surface area (Å²) in [6.07, 6.45) is 7.66. The maximum Gasteiger partial charge on any atom is 0.269 e. The molecule has 0 spiro atoms. The van der Waals surface area contributed by atoms with Crippen LogP contribution < -0.4 is 16.6 Å². The molecule has 1 fully saturated rings. The molecule has 1 amide bonds. The van der Waals surface area contributed by atoms with Crippen LogP contribution in [0.5, 0.6) is 0 Å². The van der Waals surface area contributed by atoms with Crippen molar-refractivity contribution in [3.05, 3.63) is 24.0 Å². The van der Waals surface area contributed by atoms with E-state index in [4.69, 9.17) is 5.84 Å². The van der Waals surface area contributed by atoms with Gasteiger partial charge in [-0.3, -0.25) is 15.6 Å². The Labute approximate surface area is 114 Å². The summed E-state index contributed by atoms with van der Waals surface area (Å²) in [7, 11) is 0. The first-order valence-corrected chi connectivity index (χ1v) is 6.90. The van der Waals surface area contributed by atoms with Gasteiger partial charge in [-0.25, -0.2) is 0 Å². The van der Waals surface area contributed by atoms with Crippen LogP contribution in [0, 0.1) is 5.41 Å². The molecular weight excluding hydrogens is 240 g/mol. The fourth-order valence-corrected chi connectivity index (χ4v) is 2.78. The predicted molar refractivity (Wildman–Crippen MR) is 75.6 cm³/mol. The zero-order valence-corrected chi connectivity index (χ0v) is 11.4. The summed E-state index contributed by atoms with van der Waals surface area (Å²) in [4.78, 5) is 16.2. The Morgan fingerprint density at radius 1 is 1.47 bits per heavy atom.